The van der Waals surface area contributed by atoms with Crippen molar-refractivity contribution < 1.29 is 4.74 Å². The van der Waals surface area contributed by atoms with Crippen LogP contribution in [0.25, 0.3) is 0 Å². The first-order valence-corrected chi connectivity index (χ1v) is 6.19. The maximum atomic E-state index is 5.06. The molecule has 2 rings (SSSR count). The third-order valence-corrected chi connectivity index (χ3v) is 3.44. The van der Waals surface area contributed by atoms with Crippen LogP contribution in [-0.2, 0) is 6.54 Å². The van der Waals surface area contributed by atoms with Crippen LogP contribution in [0.1, 0.15) is 12.5 Å². The Bertz CT molecular complexity index is 395. The van der Waals surface area contributed by atoms with Crippen molar-refractivity contribution in [2.75, 3.05) is 12.9 Å². The predicted octanol–water partition coefficient (Wildman–Crippen LogP) is 1.67. The van der Waals surface area contributed by atoms with Crippen LogP contribution in [0.2, 0.25) is 0 Å². The Morgan fingerprint density at radius 2 is 2.56 bits per heavy atom. The lowest BCUT2D eigenvalue weighted by Crippen LogP contribution is -2.23. The van der Waals surface area contributed by atoms with Gasteiger partial charge in [0.15, 0.2) is 5.17 Å². The molecule has 1 fully saturated rings. The van der Waals surface area contributed by atoms with Crippen LogP contribution < -0.4 is 10.1 Å². The average Bonchev–Trinajstić information content (AvgIpc) is 2.73. The zero-order valence-electron chi connectivity index (χ0n) is 9.43. The SMILES string of the molecule is COc1cc(CN=C2NC(C)CS2)ccn1. The Morgan fingerprint density at radius 3 is 3.25 bits per heavy atom. The highest BCUT2D eigenvalue weighted by atomic mass is 32.2. The van der Waals surface area contributed by atoms with Crippen molar-refractivity contribution in [2.24, 2.45) is 4.99 Å². The van der Waals surface area contributed by atoms with Crippen LogP contribution in [0.15, 0.2) is 23.3 Å². The third kappa shape index (κ3) is 2.88. The van der Waals surface area contributed by atoms with Crippen LogP contribution >= 0.6 is 11.8 Å². The van der Waals surface area contributed by atoms with Crippen LogP contribution in [-0.4, -0.2) is 29.1 Å². The van der Waals surface area contributed by atoms with Crippen molar-refractivity contribution in [1.29, 1.82) is 0 Å². The summed E-state index contributed by atoms with van der Waals surface area (Å²) in [5.74, 6) is 1.73. The van der Waals surface area contributed by atoms with E-state index >= 15 is 0 Å². The number of hydrogen-bond acceptors (Lipinski definition) is 4. The summed E-state index contributed by atoms with van der Waals surface area (Å²) < 4.78 is 5.06. The van der Waals surface area contributed by atoms with Gasteiger partial charge in [-0.2, -0.15) is 0 Å². The molecule has 0 radical (unpaired) electrons. The van der Waals surface area contributed by atoms with Crippen molar-refractivity contribution in [3.63, 3.8) is 0 Å². The summed E-state index contributed by atoms with van der Waals surface area (Å²) in [7, 11) is 1.62. The molecule has 1 saturated heterocycles. The number of rotatable bonds is 3. The van der Waals surface area contributed by atoms with Crippen LogP contribution in [0.5, 0.6) is 5.88 Å². The fourth-order valence-electron chi connectivity index (χ4n) is 1.41. The number of hydrogen-bond donors (Lipinski definition) is 1. The summed E-state index contributed by atoms with van der Waals surface area (Å²) in [6.45, 7) is 2.83. The van der Waals surface area contributed by atoms with Gasteiger partial charge in [0.1, 0.15) is 0 Å². The van der Waals surface area contributed by atoms with Gasteiger partial charge in [-0.05, 0) is 18.6 Å². The first kappa shape index (κ1) is 11.3. The fourth-order valence-corrected chi connectivity index (χ4v) is 2.34. The highest BCUT2D eigenvalue weighted by Gasteiger charge is 2.14. The van der Waals surface area contributed by atoms with Crippen molar-refractivity contribution in [1.82, 2.24) is 10.3 Å². The maximum absolute atomic E-state index is 5.06. The van der Waals surface area contributed by atoms with Gasteiger partial charge >= 0.3 is 0 Å². The topological polar surface area (TPSA) is 46.5 Å². The standard InChI is InChI=1S/C11H15N3OS/c1-8-7-16-11(14-8)13-6-9-3-4-12-10(5-9)15-2/h3-5,8H,6-7H2,1-2H3,(H,13,14). The second-order valence-electron chi connectivity index (χ2n) is 3.68. The minimum atomic E-state index is 0.524. The summed E-state index contributed by atoms with van der Waals surface area (Å²) in [5.41, 5.74) is 1.11. The molecule has 0 saturated carbocycles. The second-order valence-corrected chi connectivity index (χ2v) is 4.69. The number of thioether (sulfide) groups is 1. The smallest absolute Gasteiger partial charge is 0.213 e. The molecule has 1 atom stereocenters. The number of aromatic nitrogens is 1. The van der Waals surface area contributed by atoms with Gasteiger partial charge in [0.25, 0.3) is 0 Å². The molecule has 1 unspecified atom stereocenters. The molecular formula is C11H15N3OS. The molecule has 86 valence electrons. The van der Waals surface area contributed by atoms with E-state index in [-0.39, 0.29) is 0 Å². The zero-order chi connectivity index (χ0) is 11.4. The molecule has 1 N–H and O–H groups in total. The monoisotopic (exact) mass is 237 g/mol. The third-order valence-electron chi connectivity index (χ3n) is 2.25. The highest BCUT2D eigenvalue weighted by Crippen LogP contribution is 2.15. The molecule has 1 aromatic rings. The molecule has 0 amide bonds. The van der Waals surface area contributed by atoms with Crippen molar-refractivity contribution in [3.05, 3.63) is 23.9 Å². The van der Waals surface area contributed by atoms with E-state index < -0.39 is 0 Å². The summed E-state index contributed by atoms with van der Waals surface area (Å²) >= 11 is 1.77. The molecule has 2 heterocycles. The normalized spacial score (nSPS) is 22.1. The Labute approximate surface area is 99.5 Å². The number of amidine groups is 1. The van der Waals surface area contributed by atoms with Gasteiger partial charge in [-0.15, -0.1) is 0 Å². The van der Waals surface area contributed by atoms with E-state index in [1.54, 1.807) is 25.1 Å². The van der Waals surface area contributed by atoms with E-state index in [1.165, 1.54) is 0 Å². The summed E-state index contributed by atoms with van der Waals surface area (Å²) in [5, 5.41) is 4.35. The van der Waals surface area contributed by atoms with Gasteiger partial charge in [0, 0.05) is 24.1 Å². The lowest BCUT2D eigenvalue weighted by atomic mass is 10.3. The van der Waals surface area contributed by atoms with Crippen molar-refractivity contribution in [3.8, 4) is 5.88 Å². The summed E-state index contributed by atoms with van der Waals surface area (Å²) in [4.78, 5) is 8.56. The lowest BCUT2D eigenvalue weighted by Gasteiger charge is -2.02. The Kier molecular flexibility index (Phi) is 3.66. The first-order chi connectivity index (χ1) is 7.78. The van der Waals surface area contributed by atoms with Crippen molar-refractivity contribution in [2.45, 2.75) is 19.5 Å². The molecule has 1 aromatic heterocycles. The minimum absolute atomic E-state index is 0.524. The predicted molar refractivity (Wildman–Crippen MR) is 67.0 cm³/mol. The quantitative estimate of drug-likeness (QED) is 0.868. The molecule has 0 bridgehead atoms. The van der Waals surface area contributed by atoms with Gasteiger partial charge in [-0.25, -0.2) is 4.98 Å². The van der Waals surface area contributed by atoms with Gasteiger partial charge < -0.3 is 10.1 Å². The van der Waals surface area contributed by atoms with E-state index in [1.807, 2.05) is 12.1 Å². The zero-order valence-corrected chi connectivity index (χ0v) is 10.3. The van der Waals surface area contributed by atoms with Gasteiger partial charge in [0.05, 0.1) is 13.7 Å². The maximum Gasteiger partial charge on any atom is 0.213 e. The fraction of sp³-hybridized carbons (Fsp3) is 0.455. The van der Waals surface area contributed by atoms with E-state index in [9.17, 15) is 0 Å². The number of nitrogens with zero attached hydrogens (tertiary/aromatic N) is 2. The van der Waals surface area contributed by atoms with Gasteiger partial charge in [0.2, 0.25) is 5.88 Å². The second kappa shape index (κ2) is 5.21. The largest absolute Gasteiger partial charge is 0.481 e. The Hall–Kier alpha value is -1.23. The summed E-state index contributed by atoms with van der Waals surface area (Å²) in [6.07, 6.45) is 1.74. The van der Waals surface area contributed by atoms with Gasteiger partial charge in [-0.1, -0.05) is 11.8 Å². The van der Waals surface area contributed by atoms with Gasteiger partial charge in [-0.3, -0.25) is 4.99 Å². The molecule has 0 aromatic carbocycles. The lowest BCUT2D eigenvalue weighted by molar-refractivity contribution is 0.397. The van der Waals surface area contributed by atoms with E-state index in [0.29, 0.717) is 18.5 Å². The first-order valence-electron chi connectivity index (χ1n) is 5.20. The molecule has 16 heavy (non-hydrogen) atoms. The van der Waals surface area contributed by atoms with E-state index in [0.717, 1.165) is 16.5 Å². The molecule has 1 aliphatic heterocycles. The molecule has 5 heteroatoms. The Balaban J connectivity index is 1.98. The molecule has 0 aliphatic carbocycles. The average molecular weight is 237 g/mol. The minimum Gasteiger partial charge on any atom is -0.481 e. The number of aliphatic imine (C=N–C) groups is 1. The van der Waals surface area contributed by atoms with Crippen molar-refractivity contribution >= 4 is 16.9 Å². The molecule has 1 aliphatic rings. The van der Waals surface area contributed by atoms with E-state index in [4.69, 9.17) is 4.74 Å². The molecule has 0 spiro atoms. The highest BCUT2D eigenvalue weighted by molar-refractivity contribution is 8.14. The van der Waals surface area contributed by atoms with E-state index in [2.05, 4.69) is 22.2 Å². The van der Waals surface area contributed by atoms with Crippen LogP contribution in [0.3, 0.4) is 0 Å². The number of methoxy groups -OCH3 is 1. The number of pyridine rings is 1. The van der Waals surface area contributed by atoms with Crippen LogP contribution in [0.4, 0.5) is 0 Å². The van der Waals surface area contributed by atoms with Crippen LogP contribution in [0, 0.1) is 0 Å². The molecule has 4 nitrogen and oxygen atoms in total. The number of nitrogens with one attached hydrogen (secondary N) is 1. The Morgan fingerprint density at radius 1 is 1.69 bits per heavy atom. The summed E-state index contributed by atoms with van der Waals surface area (Å²) in [6, 6.07) is 4.39. The molecular weight excluding hydrogens is 222 g/mol. The number of ether oxygens (including phenoxy) is 1.